The number of anilines is 1. The van der Waals surface area contributed by atoms with Crippen LogP contribution in [0.2, 0.25) is 0 Å². The number of carboxylic acids is 1. The van der Waals surface area contributed by atoms with E-state index in [-0.39, 0.29) is 5.92 Å². The van der Waals surface area contributed by atoms with Gasteiger partial charge in [0.05, 0.1) is 28.4 Å². The first kappa shape index (κ1) is 16.5. The monoisotopic (exact) mass is 351 g/mol. The number of aliphatic carboxylic acids is 1. The second-order valence-corrected chi connectivity index (χ2v) is 6.79. The number of rotatable bonds is 3. The third-order valence-corrected chi connectivity index (χ3v) is 5.06. The molecule has 26 heavy (non-hydrogen) atoms. The topological polar surface area (TPSA) is 84.1 Å². The van der Waals surface area contributed by atoms with Crippen LogP contribution in [-0.2, 0) is 4.79 Å². The zero-order valence-electron chi connectivity index (χ0n) is 14.9. The quantitative estimate of drug-likeness (QED) is 0.781. The van der Waals surface area contributed by atoms with Gasteiger partial charge in [0.1, 0.15) is 5.52 Å². The van der Waals surface area contributed by atoms with Crippen molar-refractivity contribution in [3.8, 4) is 5.69 Å². The molecule has 1 aromatic carbocycles. The van der Waals surface area contributed by atoms with E-state index in [1.807, 2.05) is 53.8 Å². The first-order valence-corrected chi connectivity index (χ1v) is 8.82. The van der Waals surface area contributed by atoms with Crippen LogP contribution in [-0.4, -0.2) is 44.1 Å². The molecule has 1 aliphatic heterocycles. The number of aryl methyl sites for hydroxylation is 2. The zero-order valence-corrected chi connectivity index (χ0v) is 14.9. The van der Waals surface area contributed by atoms with E-state index in [1.165, 1.54) is 0 Å². The zero-order chi connectivity index (χ0) is 18.3. The molecule has 1 atom stereocenters. The molecule has 1 N–H and O–H groups in total. The molecule has 0 saturated carbocycles. The molecule has 1 unspecified atom stereocenters. The van der Waals surface area contributed by atoms with Crippen LogP contribution in [0, 0.1) is 19.8 Å². The predicted octanol–water partition coefficient (Wildman–Crippen LogP) is 2.73. The summed E-state index contributed by atoms with van der Waals surface area (Å²) in [5.74, 6) is -0.453. The first-order chi connectivity index (χ1) is 12.6. The number of carbonyl (C=O) groups is 1. The van der Waals surface area contributed by atoms with E-state index < -0.39 is 5.97 Å². The normalized spacial score (nSPS) is 17.6. The fourth-order valence-electron chi connectivity index (χ4n) is 3.72. The Morgan fingerprint density at radius 3 is 2.69 bits per heavy atom. The van der Waals surface area contributed by atoms with Crippen molar-refractivity contribution >= 4 is 22.7 Å². The number of para-hydroxylation sites is 1. The minimum Gasteiger partial charge on any atom is -0.481 e. The van der Waals surface area contributed by atoms with Gasteiger partial charge in [0.2, 0.25) is 0 Å². The molecule has 1 fully saturated rings. The number of aromatic nitrogens is 4. The molecule has 1 saturated heterocycles. The second-order valence-electron chi connectivity index (χ2n) is 6.79. The van der Waals surface area contributed by atoms with Crippen molar-refractivity contribution in [3.05, 3.63) is 41.7 Å². The molecule has 0 bridgehead atoms. The van der Waals surface area contributed by atoms with E-state index in [0.717, 1.165) is 40.9 Å². The summed E-state index contributed by atoms with van der Waals surface area (Å²) >= 11 is 0. The highest BCUT2D eigenvalue weighted by molar-refractivity contribution is 5.92. The maximum atomic E-state index is 11.4. The lowest BCUT2D eigenvalue weighted by molar-refractivity contribution is -0.141. The van der Waals surface area contributed by atoms with Gasteiger partial charge in [-0.25, -0.2) is 4.68 Å². The molecule has 7 nitrogen and oxygen atoms in total. The highest BCUT2D eigenvalue weighted by Gasteiger charge is 2.29. The summed E-state index contributed by atoms with van der Waals surface area (Å²) in [7, 11) is 0. The third-order valence-electron chi connectivity index (χ3n) is 5.06. The summed E-state index contributed by atoms with van der Waals surface area (Å²) in [6.45, 7) is 5.17. The van der Waals surface area contributed by atoms with Gasteiger partial charge in [-0.1, -0.05) is 18.2 Å². The summed E-state index contributed by atoms with van der Waals surface area (Å²) < 4.78 is 1.91. The highest BCUT2D eigenvalue weighted by atomic mass is 16.4. The molecule has 4 rings (SSSR count). The minimum absolute atomic E-state index is 0.376. The Morgan fingerprint density at radius 1 is 1.19 bits per heavy atom. The van der Waals surface area contributed by atoms with Crippen LogP contribution >= 0.6 is 0 Å². The van der Waals surface area contributed by atoms with Crippen LogP contribution < -0.4 is 4.90 Å². The van der Waals surface area contributed by atoms with E-state index in [2.05, 4.69) is 10.2 Å². The fraction of sp³-hybridized carbons (Fsp3) is 0.368. The highest BCUT2D eigenvalue weighted by Crippen LogP contribution is 2.31. The standard InChI is InChI=1S/C19H21N5O2/c1-12-16-13(2)24(15-8-4-3-5-9-15)22-17(16)18(21-20-12)23-10-6-7-14(11-23)19(25)26/h3-5,8-9,14H,6-7,10-11H2,1-2H3,(H,25,26). The molecule has 3 heterocycles. The molecule has 0 aliphatic carbocycles. The first-order valence-electron chi connectivity index (χ1n) is 8.82. The van der Waals surface area contributed by atoms with Gasteiger partial charge >= 0.3 is 5.97 Å². The van der Waals surface area contributed by atoms with Crippen molar-refractivity contribution in [1.29, 1.82) is 0 Å². The maximum Gasteiger partial charge on any atom is 0.308 e. The van der Waals surface area contributed by atoms with Gasteiger partial charge in [0.25, 0.3) is 0 Å². The molecular formula is C19H21N5O2. The van der Waals surface area contributed by atoms with E-state index in [0.29, 0.717) is 18.8 Å². The average molecular weight is 351 g/mol. The van der Waals surface area contributed by atoms with Crippen molar-refractivity contribution in [3.63, 3.8) is 0 Å². The number of benzene rings is 1. The van der Waals surface area contributed by atoms with Crippen molar-refractivity contribution in [2.24, 2.45) is 5.92 Å². The van der Waals surface area contributed by atoms with Crippen LogP contribution in [0.15, 0.2) is 30.3 Å². The van der Waals surface area contributed by atoms with Crippen molar-refractivity contribution in [1.82, 2.24) is 20.0 Å². The predicted molar refractivity (Wildman–Crippen MR) is 98.7 cm³/mol. The third kappa shape index (κ3) is 2.69. The lowest BCUT2D eigenvalue weighted by Gasteiger charge is -2.31. The van der Waals surface area contributed by atoms with Crippen LogP contribution in [0.5, 0.6) is 0 Å². The van der Waals surface area contributed by atoms with E-state index in [1.54, 1.807) is 0 Å². The molecule has 0 spiro atoms. The summed E-state index contributed by atoms with van der Waals surface area (Å²) in [6, 6.07) is 9.95. The number of hydrogen-bond donors (Lipinski definition) is 1. The molecule has 134 valence electrons. The lowest BCUT2D eigenvalue weighted by Crippen LogP contribution is -2.39. The smallest absolute Gasteiger partial charge is 0.308 e. The number of hydrogen-bond acceptors (Lipinski definition) is 5. The molecule has 3 aromatic rings. The van der Waals surface area contributed by atoms with Gasteiger partial charge in [-0.2, -0.15) is 10.2 Å². The van der Waals surface area contributed by atoms with Gasteiger partial charge in [0, 0.05) is 13.1 Å². The Bertz CT molecular complexity index is 967. The lowest BCUT2D eigenvalue weighted by atomic mass is 9.98. The molecule has 0 radical (unpaired) electrons. The van der Waals surface area contributed by atoms with E-state index in [4.69, 9.17) is 5.10 Å². The molecule has 7 heteroatoms. The van der Waals surface area contributed by atoms with Crippen LogP contribution in [0.25, 0.3) is 16.6 Å². The maximum absolute atomic E-state index is 11.4. The summed E-state index contributed by atoms with van der Waals surface area (Å²) in [6.07, 6.45) is 1.53. The Kier molecular flexibility index (Phi) is 4.06. The molecule has 2 aromatic heterocycles. The Hall–Kier alpha value is -2.96. The largest absolute Gasteiger partial charge is 0.481 e. The van der Waals surface area contributed by atoms with Gasteiger partial charge in [0.15, 0.2) is 5.82 Å². The van der Waals surface area contributed by atoms with Crippen molar-refractivity contribution in [2.75, 3.05) is 18.0 Å². The Morgan fingerprint density at radius 2 is 1.96 bits per heavy atom. The minimum atomic E-state index is -0.753. The SMILES string of the molecule is Cc1nnc(N2CCCC(C(=O)O)C2)c2nn(-c3ccccc3)c(C)c12. The van der Waals surface area contributed by atoms with Crippen LogP contribution in [0.3, 0.4) is 0 Å². The van der Waals surface area contributed by atoms with Gasteiger partial charge in [-0.15, -0.1) is 5.10 Å². The average Bonchev–Trinajstić information content (AvgIpc) is 3.01. The number of nitrogens with zero attached hydrogens (tertiary/aromatic N) is 5. The van der Waals surface area contributed by atoms with Crippen LogP contribution in [0.4, 0.5) is 5.82 Å². The summed E-state index contributed by atoms with van der Waals surface area (Å²) in [5.41, 5.74) is 3.60. The van der Waals surface area contributed by atoms with Crippen LogP contribution in [0.1, 0.15) is 24.2 Å². The summed E-state index contributed by atoms with van der Waals surface area (Å²) in [5, 5.41) is 23.9. The van der Waals surface area contributed by atoms with E-state index in [9.17, 15) is 9.90 Å². The molecular weight excluding hydrogens is 330 g/mol. The van der Waals surface area contributed by atoms with E-state index >= 15 is 0 Å². The summed E-state index contributed by atoms with van der Waals surface area (Å²) in [4.78, 5) is 13.4. The second kappa shape index (κ2) is 6.40. The molecule has 1 aliphatic rings. The fourth-order valence-corrected chi connectivity index (χ4v) is 3.72. The van der Waals surface area contributed by atoms with Crippen molar-refractivity contribution in [2.45, 2.75) is 26.7 Å². The Labute approximate surface area is 151 Å². The Balaban J connectivity index is 1.84. The van der Waals surface area contributed by atoms with Gasteiger partial charge in [-0.05, 0) is 38.8 Å². The number of fused-ring (bicyclic) bond motifs is 1. The molecule has 0 amide bonds. The van der Waals surface area contributed by atoms with Gasteiger partial charge in [-0.3, -0.25) is 4.79 Å². The van der Waals surface area contributed by atoms with Gasteiger partial charge < -0.3 is 10.0 Å². The van der Waals surface area contributed by atoms with Crippen molar-refractivity contribution < 1.29 is 9.90 Å². The number of carboxylic acid groups (broad SMARTS) is 1. The number of piperidine rings is 1.